The van der Waals surface area contributed by atoms with Crippen molar-refractivity contribution in [3.05, 3.63) is 28.7 Å². The molecule has 0 N–H and O–H groups in total. The molecular formula is C21H28N4O3S2. The van der Waals surface area contributed by atoms with E-state index in [1.165, 1.54) is 10.4 Å². The van der Waals surface area contributed by atoms with Crippen molar-refractivity contribution in [1.82, 2.24) is 14.9 Å². The molecule has 0 amide bonds. The Morgan fingerprint density at radius 1 is 1.10 bits per heavy atom. The summed E-state index contributed by atoms with van der Waals surface area (Å²) in [6, 6.07) is 4.25. The summed E-state index contributed by atoms with van der Waals surface area (Å²) in [5.41, 5.74) is 1.21. The van der Waals surface area contributed by atoms with Crippen LogP contribution in [0.2, 0.25) is 0 Å². The minimum Gasteiger partial charge on any atom is -0.383 e. The molecule has 1 aliphatic heterocycles. The lowest BCUT2D eigenvalue weighted by molar-refractivity contribution is 0.0331. The summed E-state index contributed by atoms with van der Waals surface area (Å²) in [6.07, 6.45) is 0. The SMILES string of the molecule is COCCN(CCOC)c1nc(CN2CCOCC2)nc2scc(-c3cccs3)c12. The van der Waals surface area contributed by atoms with Gasteiger partial charge in [0.2, 0.25) is 0 Å². The van der Waals surface area contributed by atoms with Crippen LogP contribution in [0.25, 0.3) is 20.7 Å². The standard InChI is InChI=1S/C21H28N4O3S2/c1-26-9-7-25(8-10-27-2)20-19-16(17-4-3-13-29-17)15-30-21(19)23-18(22-20)14-24-5-11-28-12-6-24/h3-4,13,15H,5-12,14H2,1-2H3. The van der Waals surface area contributed by atoms with Crippen LogP contribution in [0.3, 0.4) is 0 Å². The van der Waals surface area contributed by atoms with Crippen molar-refractivity contribution < 1.29 is 14.2 Å². The molecule has 1 saturated heterocycles. The van der Waals surface area contributed by atoms with Gasteiger partial charge in [0.15, 0.2) is 0 Å². The number of aromatic nitrogens is 2. The number of nitrogens with zero attached hydrogens (tertiary/aromatic N) is 4. The van der Waals surface area contributed by atoms with Gasteiger partial charge in [0.05, 0.1) is 38.4 Å². The monoisotopic (exact) mass is 448 g/mol. The molecule has 4 rings (SSSR count). The molecule has 7 nitrogen and oxygen atoms in total. The molecule has 0 saturated carbocycles. The first-order valence-corrected chi connectivity index (χ1v) is 11.9. The van der Waals surface area contributed by atoms with E-state index in [1.807, 2.05) is 0 Å². The molecule has 0 radical (unpaired) electrons. The van der Waals surface area contributed by atoms with Crippen LogP contribution in [0, 0.1) is 0 Å². The Morgan fingerprint density at radius 3 is 2.53 bits per heavy atom. The zero-order valence-electron chi connectivity index (χ0n) is 17.5. The summed E-state index contributed by atoms with van der Waals surface area (Å²) < 4.78 is 16.2. The number of thiophene rings is 2. The minimum absolute atomic E-state index is 0.631. The molecule has 0 aliphatic carbocycles. The smallest absolute Gasteiger partial charge is 0.146 e. The van der Waals surface area contributed by atoms with E-state index in [-0.39, 0.29) is 0 Å². The Balaban J connectivity index is 1.76. The molecule has 1 fully saturated rings. The maximum absolute atomic E-state index is 5.49. The zero-order valence-corrected chi connectivity index (χ0v) is 19.1. The van der Waals surface area contributed by atoms with E-state index < -0.39 is 0 Å². The molecule has 0 unspecified atom stereocenters. The number of rotatable bonds is 10. The third kappa shape index (κ3) is 4.99. The van der Waals surface area contributed by atoms with Crippen LogP contribution < -0.4 is 4.90 Å². The van der Waals surface area contributed by atoms with Gasteiger partial charge in [0.1, 0.15) is 16.5 Å². The van der Waals surface area contributed by atoms with E-state index in [9.17, 15) is 0 Å². The van der Waals surface area contributed by atoms with Gasteiger partial charge in [-0.15, -0.1) is 22.7 Å². The highest BCUT2D eigenvalue weighted by Crippen LogP contribution is 2.40. The first-order valence-electron chi connectivity index (χ1n) is 10.1. The fourth-order valence-corrected chi connectivity index (χ4v) is 5.34. The molecule has 0 bridgehead atoms. The quantitative estimate of drug-likeness (QED) is 0.471. The fourth-order valence-electron chi connectivity index (χ4n) is 3.56. The predicted octanol–water partition coefficient (Wildman–Crippen LogP) is 3.35. The lowest BCUT2D eigenvalue weighted by atomic mass is 10.2. The van der Waals surface area contributed by atoms with E-state index in [1.54, 1.807) is 36.9 Å². The Hall–Kier alpha value is -1.62. The number of anilines is 1. The van der Waals surface area contributed by atoms with Crippen LogP contribution in [0.5, 0.6) is 0 Å². The van der Waals surface area contributed by atoms with Crippen molar-refractivity contribution in [2.45, 2.75) is 6.54 Å². The van der Waals surface area contributed by atoms with Crippen LogP contribution in [-0.4, -0.2) is 81.7 Å². The van der Waals surface area contributed by atoms with Gasteiger partial charge in [0, 0.05) is 56.2 Å². The topological polar surface area (TPSA) is 60.0 Å². The Labute approximate surface area is 185 Å². The summed E-state index contributed by atoms with van der Waals surface area (Å²) in [5.74, 6) is 1.83. The van der Waals surface area contributed by atoms with Crippen molar-refractivity contribution in [3.8, 4) is 10.4 Å². The van der Waals surface area contributed by atoms with Gasteiger partial charge in [-0.3, -0.25) is 4.90 Å². The van der Waals surface area contributed by atoms with Gasteiger partial charge < -0.3 is 19.1 Å². The predicted molar refractivity (Wildman–Crippen MR) is 123 cm³/mol. The normalized spacial score (nSPS) is 15.1. The second kappa shape index (κ2) is 10.6. The van der Waals surface area contributed by atoms with Gasteiger partial charge in [-0.2, -0.15) is 0 Å². The van der Waals surface area contributed by atoms with E-state index in [0.29, 0.717) is 13.2 Å². The van der Waals surface area contributed by atoms with Crippen LogP contribution in [0.15, 0.2) is 22.9 Å². The van der Waals surface area contributed by atoms with Crippen molar-refractivity contribution in [1.29, 1.82) is 0 Å². The number of methoxy groups -OCH3 is 2. The highest BCUT2D eigenvalue weighted by molar-refractivity contribution is 7.18. The third-order valence-electron chi connectivity index (χ3n) is 5.15. The number of morpholine rings is 1. The number of ether oxygens (including phenoxy) is 3. The van der Waals surface area contributed by atoms with E-state index >= 15 is 0 Å². The second-order valence-electron chi connectivity index (χ2n) is 7.13. The first-order chi connectivity index (χ1) is 14.8. The average molecular weight is 449 g/mol. The maximum Gasteiger partial charge on any atom is 0.146 e. The number of fused-ring (bicyclic) bond motifs is 1. The molecule has 0 spiro atoms. The van der Waals surface area contributed by atoms with Crippen LogP contribution in [0.1, 0.15) is 5.82 Å². The van der Waals surface area contributed by atoms with Crippen LogP contribution in [-0.2, 0) is 20.8 Å². The second-order valence-corrected chi connectivity index (χ2v) is 8.94. The molecule has 3 aromatic rings. The molecule has 162 valence electrons. The minimum atomic E-state index is 0.631. The van der Waals surface area contributed by atoms with Crippen LogP contribution in [0.4, 0.5) is 5.82 Å². The number of hydrogen-bond acceptors (Lipinski definition) is 9. The largest absolute Gasteiger partial charge is 0.383 e. The molecule has 9 heteroatoms. The molecule has 0 aromatic carbocycles. The van der Waals surface area contributed by atoms with Crippen molar-refractivity contribution in [3.63, 3.8) is 0 Å². The fraction of sp³-hybridized carbons (Fsp3) is 0.524. The number of hydrogen-bond donors (Lipinski definition) is 0. The first kappa shape index (κ1) is 21.6. The van der Waals surface area contributed by atoms with Gasteiger partial charge in [-0.1, -0.05) is 6.07 Å². The lowest BCUT2D eigenvalue weighted by Crippen LogP contribution is -2.36. The Kier molecular flexibility index (Phi) is 7.64. The van der Waals surface area contributed by atoms with Crippen molar-refractivity contribution >= 4 is 38.7 Å². The van der Waals surface area contributed by atoms with E-state index in [4.69, 9.17) is 24.2 Å². The van der Waals surface area contributed by atoms with Crippen molar-refractivity contribution in [2.24, 2.45) is 0 Å². The van der Waals surface area contributed by atoms with Gasteiger partial charge in [-0.25, -0.2) is 9.97 Å². The average Bonchev–Trinajstić information content (AvgIpc) is 3.44. The Bertz CT molecular complexity index is 918. The van der Waals surface area contributed by atoms with Crippen molar-refractivity contribution in [2.75, 3.05) is 71.7 Å². The summed E-state index contributed by atoms with van der Waals surface area (Å²) in [6.45, 7) is 6.87. The molecule has 4 heterocycles. The lowest BCUT2D eigenvalue weighted by Gasteiger charge is -2.27. The Morgan fingerprint density at radius 2 is 1.87 bits per heavy atom. The summed E-state index contributed by atoms with van der Waals surface area (Å²) in [5, 5.41) is 5.44. The zero-order chi connectivity index (χ0) is 20.8. The molecular weight excluding hydrogens is 420 g/mol. The summed E-state index contributed by atoms with van der Waals surface area (Å²) in [7, 11) is 3.46. The van der Waals surface area contributed by atoms with Crippen LogP contribution >= 0.6 is 22.7 Å². The maximum atomic E-state index is 5.49. The third-order valence-corrected chi connectivity index (χ3v) is 6.92. The molecule has 30 heavy (non-hydrogen) atoms. The highest BCUT2D eigenvalue weighted by atomic mass is 32.1. The summed E-state index contributed by atoms with van der Waals surface area (Å²) >= 11 is 3.44. The van der Waals surface area contributed by atoms with Gasteiger partial charge in [-0.05, 0) is 11.4 Å². The van der Waals surface area contributed by atoms with E-state index in [0.717, 1.165) is 67.8 Å². The molecule has 0 atom stereocenters. The van der Waals surface area contributed by atoms with Gasteiger partial charge >= 0.3 is 0 Å². The highest BCUT2D eigenvalue weighted by Gasteiger charge is 2.21. The molecule has 3 aromatic heterocycles. The van der Waals surface area contributed by atoms with E-state index in [2.05, 4.69) is 32.7 Å². The molecule has 1 aliphatic rings. The van der Waals surface area contributed by atoms with Gasteiger partial charge in [0.25, 0.3) is 0 Å². The summed E-state index contributed by atoms with van der Waals surface area (Å²) in [4.78, 5) is 16.9.